The fourth-order valence-corrected chi connectivity index (χ4v) is 3.74. The molecule has 0 aromatic heterocycles. The van der Waals surface area contributed by atoms with E-state index in [0.717, 1.165) is 58.7 Å². The monoisotopic (exact) mass is 463 g/mol. The molecule has 1 aliphatic heterocycles. The Morgan fingerprint density at radius 3 is 2.55 bits per heavy atom. The third-order valence-corrected chi connectivity index (χ3v) is 5.58. The molecule has 1 heterocycles. The molecule has 0 unspecified atom stereocenters. The number of carbonyl (C=O) groups is 2. The summed E-state index contributed by atoms with van der Waals surface area (Å²) in [7, 11) is 1.53. The molecule has 0 saturated carbocycles. The minimum absolute atomic E-state index is 0.0119. The van der Waals surface area contributed by atoms with E-state index in [9.17, 15) is 9.59 Å². The van der Waals surface area contributed by atoms with Crippen LogP contribution in [0.3, 0.4) is 0 Å². The van der Waals surface area contributed by atoms with Gasteiger partial charge in [-0.05, 0) is 38.5 Å². The van der Waals surface area contributed by atoms with Crippen LogP contribution in [0.1, 0.15) is 56.8 Å². The number of hydrogen-bond donors (Lipinski definition) is 1. The Kier molecular flexibility index (Phi) is 12.0. The first-order valence-electron chi connectivity index (χ1n) is 12.1. The van der Waals surface area contributed by atoms with Gasteiger partial charge >= 0.3 is 0 Å². The van der Waals surface area contributed by atoms with E-state index < -0.39 is 0 Å². The average Bonchev–Trinajstić information content (AvgIpc) is 2.82. The van der Waals surface area contributed by atoms with E-state index in [1.807, 2.05) is 18.7 Å². The van der Waals surface area contributed by atoms with Gasteiger partial charge in [0.2, 0.25) is 0 Å². The summed E-state index contributed by atoms with van der Waals surface area (Å²) in [4.78, 5) is 29.5. The summed E-state index contributed by atoms with van der Waals surface area (Å²) < 4.78 is 16.5. The number of morpholine rings is 1. The van der Waals surface area contributed by atoms with Crippen LogP contribution >= 0.6 is 0 Å². The van der Waals surface area contributed by atoms with Crippen LogP contribution in [0.2, 0.25) is 0 Å². The van der Waals surface area contributed by atoms with Crippen LogP contribution in [0.5, 0.6) is 11.5 Å². The van der Waals surface area contributed by atoms with E-state index in [0.29, 0.717) is 23.6 Å². The molecule has 0 radical (unpaired) electrons. The van der Waals surface area contributed by atoms with Gasteiger partial charge in [-0.2, -0.15) is 0 Å². The number of rotatable bonds is 14. The normalized spacial score (nSPS) is 14.2. The highest BCUT2D eigenvalue weighted by molar-refractivity contribution is 5.95. The zero-order valence-corrected chi connectivity index (χ0v) is 20.7. The number of hydrogen-bond acceptors (Lipinski definition) is 6. The van der Waals surface area contributed by atoms with Crippen LogP contribution in [0.15, 0.2) is 18.2 Å². The second-order valence-electron chi connectivity index (χ2n) is 8.68. The van der Waals surface area contributed by atoms with Crippen molar-refractivity contribution in [2.75, 3.05) is 59.7 Å². The quantitative estimate of drug-likeness (QED) is 0.427. The van der Waals surface area contributed by atoms with E-state index in [1.54, 1.807) is 18.2 Å². The smallest absolute Gasteiger partial charge is 0.258 e. The lowest BCUT2D eigenvalue weighted by Gasteiger charge is -2.30. The summed E-state index contributed by atoms with van der Waals surface area (Å²) in [6, 6.07) is 5.19. The van der Waals surface area contributed by atoms with Crippen LogP contribution in [0.4, 0.5) is 0 Å². The maximum atomic E-state index is 13.4. The molecule has 1 fully saturated rings. The number of benzene rings is 1. The van der Waals surface area contributed by atoms with Crippen molar-refractivity contribution >= 4 is 11.8 Å². The van der Waals surface area contributed by atoms with Gasteiger partial charge in [-0.25, -0.2) is 0 Å². The molecule has 2 rings (SSSR count). The fourth-order valence-electron chi connectivity index (χ4n) is 3.74. The molecule has 0 spiro atoms. The second-order valence-corrected chi connectivity index (χ2v) is 8.68. The van der Waals surface area contributed by atoms with Gasteiger partial charge in [0, 0.05) is 44.3 Å². The lowest BCUT2D eigenvalue weighted by Crippen LogP contribution is -2.43. The van der Waals surface area contributed by atoms with Crippen molar-refractivity contribution in [3.05, 3.63) is 23.8 Å². The first-order valence-corrected chi connectivity index (χ1v) is 12.1. The Bertz CT molecular complexity index is 735. The van der Waals surface area contributed by atoms with Gasteiger partial charge in [0.05, 0.1) is 20.3 Å². The molecular weight excluding hydrogens is 422 g/mol. The number of ether oxygens (including phenoxy) is 3. The highest BCUT2D eigenvalue weighted by atomic mass is 16.5. The minimum Gasteiger partial charge on any atom is -0.493 e. The van der Waals surface area contributed by atoms with Crippen molar-refractivity contribution in [2.45, 2.75) is 52.5 Å². The zero-order valence-electron chi connectivity index (χ0n) is 20.7. The van der Waals surface area contributed by atoms with Crippen LogP contribution < -0.4 is 14.8 Å². The number of unbranched alkanes of at least 4 members (excludes halogenated alkanes) is 3. The molecule has 1 N–H and O–H groups in total. The standard InChI is InChI=1S/C25H41N3O5/c1-5-6-7-8-11-28(13-12-27-14-16-32-17-15-27)25(30)21-9-10-22(23(18-21)31-4)33-19-24(29)26-20(2)3/h9-10,18,20H,5-8,11-17,19H2,1-4H3,(H,26,29). The fraction of sp³-hybridized carbons (Fsp3) is 0.680. The minimum atomic E-state index is -0.200. The third-order valence-electron chi connectivity index (χ3n) is 5.58. The van der Waals surface area contributed by atoms with Gasteiger partial charge in [-0.15, -0.1) is 0 Å². The Balaban J connectivity index is 2.04. The van der Waals surface area contributed by atoms with Crippen molar-refractivity contribution in [2.24, 2.45) is 0 Å². The number of methoxy groups -OCH3 is 1. The number of nitrogens with zero attached hydrogens (tertiary/aromatic N) is 2. The van der Waals surface area contributed by atoms with Crippen LogP contribution in [-0.4, -0.2) is 87.3 Å². The first-order chi connectivity index (χ1) is 15.9. The molecule has 186 valence electrons. The van der Waals surface area contributed by atoms with Crippen LogP contribution in [0, 0.1) is 0 Å². The predicted octanol–water partition coefficient (Wildman–Crippen LogP) is 2.95. The number of carbonyl (C=O) groups excluding carboxylic acids is 2. The Labute approximate surface area is 198 Å². The Morgan fingerprint density at radius 1 is 1.12 bits per heavy atom. The summed E-state index contributed by atoms with van der Waals surface area (Å²) in [5, 5.41) is 2.79. The maximum absolute atomic E-state index is 13.4. The average molecular weight is 464 g/mol. The molecule has 33 heavy (non-hydrogen) atoms. The summed E-state index contributed by atoms with van der Waals surface area (Å²) in [6.07, 6.45) is 4.45. The topological polar surface area (TPSA) is 80.3 Å². The van der Waals surface area contributed by atoms with Crippen molar-refractivity contribution in [1.82, 2.24) is 15.1 Å². The van der Waals surface area contributed by atoms with Gasteiger partial charge in [-0.1, -0.05) is 26.2 Å². The zero-order chi connectivity index (χ0) is 24.1. The van der Waals surface area contributed by atoms with Crippen molar-refractivity contribution in [1.29, 1.82) is 0 Å². The van der Waals surface area contributed by atoms with Crippen LogP contribution in [0.25, 0.3) is 0 Å². The highest BCUT2D eigenvalue weighted by Crippen LogP contribution is 2.28. The summed E-state index contributed by atoms with van der Waals surface area (Å²) >= 11 is 0. The third kappa shape index (κ3) is 9.60. The van der Waals surface area contributed by atoms with Gasteiger partial charge in [0.15, 0.2) is 18.1 Å². The predicted molar refractivity (Wildman–Crippen MR) is 129 cm³/mol. The molecule has 8 heteroatoms. The van der Waals surface area contributed by atoms with Crippen molar-refractivity contribution in [3.8, 4) is 11.5 Å². The number of amides is 2. The Hall–Kier alpha value is -2.32. The lowest BCUT2D eigenvalue weighted by molar-refractivity contribution is -0.123. The largest absolute Gasteiger partial charge is 0.493 e. The molecule has 1 aromatic rings. The molecule has 0 atom stereocenters. The summed E-state index contributed by atoms with van der Waals surface area (Å²) in [6.45, 7) is 11.4. The van der Waals surface area contributed by atoms with Crippen molar-refractivity contribution < 1.29 is 23.8 Å². The molecule has 1 saturated heterocycles. The van der Waals surface area contributed by atoms with Crippen molar-refractivity contribution in [3.63, 3.8) is 0 Å². The summed E-state index contributed by atoms with van der Waals surface area (Å²) in [5.74, 6) is 0.670. The molecule has 0 bridgehead atoms. The molecule has 0 aliphatic carbocycles. The number of nitrogens with one attached hydrogen (secondary N) is 1. The maximum Gasteiger partial charge on any atom is 0.258 e. The van der Waals surface area contributed by atoms with E-state index in [2.05, 4.69) is 17.1 Å². The SMILES string of the molecule is CCCCCCN(CCN1CCOCC1)C(=O)c1ccc(OCC(=O)NC(C)C)c(OC)c1. The first kappa shape index (κ1) is 26.9. The van der Waals surface area contributed by atoms with E-state index in [1.165, 1.54) is 13.5 Å². The molecular formula is C25H41N3O5. The lowest BCUT2D eigenvalue weighted by atomic mass is 10.1. The van der Waals surface area contributed by atoms with E-state index >= 15 is 0 Å². The van der Waals surface area contributed by atoms with Gasteiger partial charge in [0.1, 0.15) is 0 Å². The van der Waals surface area contributed by atoms with Crippen LogP contribution in [-0.2, 0) is 9.53 Å². The van der Waals surface area contributed by atoms with E-state index in [4.69, 9.17) is 14.2 Å². The van der Waals surface area contributed by atoms with E-state index in [-0.39, 0.29) is 24.5 Å². The van der Waals surface area contributed by atoms with Gasteiger partial charge in [-0.3, -0.25) is 14.5 Å². The molecule has 1 aliphatic rings. The highest BCUT2D eigenvalue weighted by Gasteiger charge is 2.20. The molecule has 1 aromatic carbocycles. The Morgan fingerprint density at radius 2 is 1.88 bits per heavy atom. The van der Waals surface area contributed by atoms with Gasteiger partial charge in [0.25, 0.3) is 11.8 Å². The molecule has 2 amide bonds. The molecule has 8 nitrogen and oxygen atoms in total. The second kappa shape index (κ2) is 14.8. The summed E-state index contributed by atoms with van der Waals surface area (Å²) in [5.41, 5.74) is 0.559. The van der Waals surface area contributed by atoms with Gasteiger partial charge < -0.3 is 24.4 Å².